The molecule has 1 atom stereocenters. The van der Waals surface area contributed by atoms with Crippen LogP contribution >= 0.6 is 0 Å². The zero-order valence-electron chi connectivity index (χ0n) is 12.4. The van der Waals surface area contributed by atoms with Gasteiger partial charge in [0.25, 0.3) is 0 Å². The number of aryl methyl sites for hydroxylation is 1. The number of ether oxygens (including phenoxy) is 2. The molecule has 1 aromatic rings. The second-order valence-electron chi connectivity index (χ2n) is 5.94. The van der Waals surface area contributed by atoms with Crippen LogP contribution in [0.15, 0.2) is 6.20 Å². The van der Waals surface area contributed by atoms with Crippen molar-refractivity contribution in [2.24, 2.45) is 7.05 Å². The fourth-order valence-electron chi connectivity index (χ4n) is 1.90. The van der Waals surface area contributed by atoms with Gasteiger partial charge in [-0.1, -0.05) is 0 Å². The van der Waals surface area contributed by atoms with Crippen LogP contribution in [0.3, 0.4) is 0 Å². The predicted octanol–water partition coefficient (Wildman–Crippen LogP) is 0.602. The van der Waals surface area contributed by atoms with Crippen molar-refractivity contribution in [1.29, 1.82) is 0 Å². The Labute approximate surface area is 120 Å². The highest BCUT2D eigenvalue weighted by Crippen LogP contribution is 2.22. The van der Waals surface area contributed by atoms with Gasteiger partial charge in [-0.25, -0.2) is 4.79 Å². The summed E-state index contributed by atoms with van der Waals surface area (Å²) in [5.41, 5.74) is -0.000538. The number of amides is 1. The SMILES string of the molecule is [B]c1c(OC[C@H]2CCN2C(=O)OC(C)(C)C)cnn1C. The number of carbonyl (C=O) groups excluding carboxylic acids is 1. The van der Waals surface area contributed by atoms with Crippen LogP contribution in [0.5, 0.6) is 5.75 Å². The van der Waals surface area contributed by atoms with Gasteiger partial charge in [0.1, 0.15) is 25.8 Å². The molecule has 0 aromatic carbocycles. The minimum atomic E-state index is -0.480. The summed E-state index contributed by atoms with van der Waals surface area (Å²) >= 11 is 0. The maximum Gasteiger partial charge on any atom is 0.410 e. The molecule has 1 aliphatic heterocycles. The molecule has 6 nitrogen and oxygen atoms in total. The lowest BCUT2D eigenvalue weighted by Crippen LogP contribution is -2.55. The zero-order valence-corrected chi connectivity index (χ0v) is 12.4. The lowest BCUT2D eigenvalue weighted by molar-refractivity contribution is -0.0140. The molecule has 108 valence electrons. The molecule has 0 aliphatic carbocycles. The van der Waals surface area contributed by atoms with Crippen molar-refractivity contribution in [3.05, 3.63) is 6.20 Å². The summed E-state index contributed by atoms with van der Waals surface area (Å²) < 4.78 is 12.5. The molecule has 0 saturated carbocycles. The standard InChI is InChI=1S/C13H20BN3O3/c1-13(2,3)20-12(18)17-6-5-9(17)8-19-10-7-15-16(4)11(10)14/h7,9H,5-6,8H2,1-4H3/t9-/m1/s1. The molecule has 0 unspecified atom stereocenters. The van der Waals surface area contributed by atoms with Crippen LogP contribution < -0.4 is 10.3 Å². The largest absolute Gasteiger partial charge is 0.489 e. The average molecular weight is 277 g/mol. The van der Waals surface area contributed by atoms with E-state index in [1.165, 1.54) is 0 Å². The fraction of sp³-hybridized carbons (Fsp3) is 0.692. The van der Waals surface area contributed by atoms with E-state index in [0.29, 0.717) is 24.5 Å². The van der Waals surface area contributed by atoms with Crippen molar-refractivity contribution in [1.82, 2.24) is 14.7 Å². The van der Waals surface area contributed by atoms with E-state index in [4.69, 9.17) is 17.3 Å². The van der Waals surface area contributed by atoms with E-state index in [1.54, 1.807) is 22.8 Å². The van der Waals surface area contributed by atoms with Gasteiger partial charge in [0.2, 0.25) is 0 Å². The highest BCUT2D eigenvalue weighted by molar-refractivity contribution is 6.32. The maximum absolute atomic E-state index is 11.9. The Kier molecular flexibility index (Phi) is 3.97. The van der Waals surface area contributed by atoms with Crippen LogP contribution in [-0.4, -0.2) is 53.4 Å². The first kappa shape index (κ1) is 14.7. The minimum absolute atomic E-state index is 0.0319. The Morgan fingerprint density at radius 2 is 2.25 bits per heavy atom. The highest BCUT2D eigenvalue weighted by Gasteiger charge is 2.35. The first-order valence-electron chi connectivity index (χ1n) is 6.68. The molecule has 2 radical (unpaired) electrons. The van der Waals surface area contributed by atoms with E-state index in [9.17, 15) is 4.79 Å². The molecule has 2 rings (SSSR count). The van der Waals surface area contributed by atoms with E-state index in [2.05, 4.69) is 5.10 Å². The lowest BCUT2D eigenvalue weighted by Gasteiger charge is -2.40. The van der Waals surface area contributed by atoms with Gasteiger partial charge >= 0.3 is 6.09 Å². The summed E-state index contributed by atoms with van der Waals surface area (Å²) in [5.74, 6) is 0.545. The fourth-order valence-corrected chi connectivity index (χ4v) is 1.90. The van der Waals surface area contributed by atoms with E-state index in [1.807, 2.05) is 20.8 Å². The molecule has 2 heterocycles. The molecule has 7 heteroatoms. The Morgan fingerprint density at radius 3 is 2.70 bits per heavy atom. The highest BCUT2D eigenvalue weighted by atomic mass is 16.6. The molecular formula is C13H20BN3O3. The molecule has 0 spiro atoms. The van der Waals surface area contributed by atoms with Crippen molar-refractivity contribution in [3.63, 3.8) is 0 Å². The number of nitrogens with zero attached hydrogens (tertiary/aromatic N) is 3. The van der Waals surface area contributed by atoms with E-state index >= 15 is 0 Å². The normalized spacial score (nSPS) is 18.6. The summed E-state index contributed by atoms with van der Waals surface area (Å²) in [5, 5.41) is 4.00. The molecule has 1 amide bonds. The topological polar surface area (TPSA) is 56.6 Å². The van der Waals surface area contributed by atoms with E-state index in [-0.39, 0.29) is 12.1 Å². The van der Waals surface area contributed by atoms with Gasteiger partial charge in [0.15, 0.2) is 0 Å². The van der Waals surface area contributed by atoms with E-state index < -0.39 is 5.60 Å². The van der Waals surface area contributed by atoms with Crippen molar-refractivity contribution < 1.29 is 14.3 Å². The molecule has 20 heavy (non-hydrogen) atoms. The summed E-state index contributed by atoms with van der Waals surface area (Å²) in [7, 11) is 7.54. The summed E-state index contributed by atoms with van der Waals surface area (Å²) in [6.07, 6.45) is 2.18. The van der Waals surface area contributed by atoms with Gasteiger partial charge in [-0.05, 0) is 27.2 Å². The van der Waals surface area contributed by atoms with Crippen LogP contribution in [0.25, 0.3) is 0 Å². The van der Waals surface area contributed by atoms with Crippen LogP contribution in [0.4, 0.5) is 4.79 Å². The number of rotatable bonds is 3. The Balaban J connectivity index is 1.85. The van der Waals surface area contributed by atoms with Crippen molar-refractivity contribution >= 4 is 19.5 Å². The average Bonchev–Trinajstić information content (AvgIpc) is 2.56. The Morgan fingerprint density at radius 1 is 1.55 bits per heavy atom. The molecule has 1 fully saturated rings. The molecular weight excluding hydrogens is 257 g/mol. The summed E-state index contributed by atoms with van der Waals surface area (Å²) in [6.45, 7) is 6.66. The second-order valence-corrected chi connectivity index (χ2v) is 5.94. The number of aromatic nitrogens is 2. The Bertz CT molecular complexity index is 496. The third-order valence-corrected chi connectivity index (χ3v) is 3.15. The van der Waals surface area contributed by atoms with Crippen molar-refractivity contribution in [2.45, 2.75) is 38.8 Å². The summed E-state index contributed by atoms with van der Waals surface area (Å²) in [6, 6.07) is 0.0319. The summed E-state index contributed by atoms with van der Waals surface area (Å²) in [4.78, 5) is 13.6. The smallest absolute Gasteiger partial charge is 0.410 e. The molecule has 1 saturated heterocycles. The molecule has 1 aromatic heterocycles. The lowest BCUT2D eigenvalue weighted by atomic mass is 10.0. The van der Waals surface area contributed by atoms with Crippen molar-refractivity contribution in [3.8, 4) is 5.75 Å². The molecule has 1 aliphatic rings. The van der Waals surface area contributed by atoms with Crippen LogP contribution in [0.1, 0.15) is 27.2 Å². The maximum atomic E-state index is 11.9. The van der Waals surface area contributed by atoms with Gasteiger partial charge < -0.3 is 14.4 Å². The van der Waals surface area contributed by atoms with Crippen LogP contribution in [-0.2, 0) is 11.8 Å². The van der Waals surface area contributed by atoms with Gasteiger partial charge in [0.05, 0.1) is 12.2 Å². The third kappa shape index (κ3) is 3.26. The third-order valence-electron chi connectivity index (χ3n) is 3.15. The zero-order chi connectivity index (χ0) is 14.9. The van der Waals surface area contributed by atoms with Gasteiger partial charge in [0, 0.05) is 19.2 Å². The van der Waals surface area contributed by atoms with Gasteiger partial charge in [-0.3, -0.25) is 4.68 Å². The number of hydrogen-bond acceptors (Lipinski definition) is 4. The number of likely N-dealkylation sites (tertiary alicyclic amines) is 1. The monoisotopic (exact) mass is 277 g/mol. The van der Waals surface area contributed by atoms with Gasteiger partial charge in [-0.2, -0.15) is 5.10 Å². The molecule has 0 bridgehead atoms. The van der Waals surface area contributed by atoms with Crippen LogP contribution in [0.2, 0.25) is 0 Å². The second kappa shape index (κ2) is 5.38. The minimum Gasteiger partial charge on any atom is -0.489 e. The predicted molar refractivity (Wildman–Crippen MR) is 75.4 cm³/mol. The van der Waals surface area contributed by atoms with Gasteiger partial charge in [-0.15, -0.1) is 0 Å². The number of carbonyl (C=O) groups is 1. The molecule has 0 N–H and O–H groups in total. The quantitative estimate of drug-likeness (QED) is 0.759. The number of hydrogen-bond donors (Lipinski definition) is 0. The first-order chi connectivity index (χ1) is 9.28. The first-order valence-corrected chi connectivity index (χ1v) is 6.68. The van der Waals surface area contributed by atoms with E-state index in [0.717, 1.165) is 6.42 Å². The van der Waals surface area contributed by atoms with Crippen LogP contribution in [0, 0.1) is 0 Å². The Hall–Kier alpha value is -1.66. The van der Waals surface area contributed by atoms with Crippen molar-refractivity contribution in [2.75, 3.05) is 13.2 Å².